The van der Waals surface area contributed by atoms with Gasteiger partial charge in [0.2, 0.25) is 0 Å². The van der Waals surface area contributed by atoms with E-state index >= 15 is 0 Å². The summed E-state index contributed by atoms with van der Waals surface area (Å²) in [6.07, 6.45) is 3.42. The summed E-state index contributed by atoms with van der Waals surface area (Å²) < 4.78 is 30.6. The fourth-order valence-electron chi connectivity index (χ4n) is 1.12. The lowest BCUT2D eigenvalue weighted by Crippen LogP contribution is -2.35. The molecular weight excluding hydrogens is 283 g/mol. The van der Waals surface area contributed by atoms with E-state index in [2.05, 4.69) is 4.08 Å². The van der Waals surface area contributed by atoms with E-state index in [4.69, 9.17) is 25.9 Å². The Balaban J connectivity index is 4.42. The van der Waals surface area contributed by atoms with Gasteiger partial charge in [0, 0.05) is 6.92 Å². The number of ether oxygens (including phenoxy) is 2. The summed E-state index contributed by atoms with van der Waals surface area (Å²) in [5.41, 5.74) is 0. The van der Waals surface area contributed by atoms with Crippen LogP contribution in [0.15, 0.2) is 0 Å². The van der Waals surface area contributed by atoms with Crippen molar-refractivity contribution in [3.05, 3.63) is 0 Å². The van der Waals surface area contributed by atoms with Gasteiger partial charge in [0.15, 0.2) is 0 Å². The van der Waals surface area contributed by atoms with Crippen LogP contribution < -0.4 is 0 Å². The molecule has 6 nitrogen and oxygen atoms in total. The largest absolute Gasteiger partial charge is 0.493 e. The Labute approximate surface area is 113 Å². The summed E-state index contributed by atoms with van der Waals surface area (Å²) in [5, 5.41) is 0. The highest BCUT2D eigenvalue weighted by atomic mass is 35.5. The van der Waals surface area contributed by atoms with Crippen LogP contribution in [0.25, 0.3) is 0 Å². The average Bonchev–Trinajstić information content (AvgIpc) is 2.29. The van der Waals surface area contributed by atoms with Crippen LogP contribution >= 0.6 is 19.7 Å². The van der Waals surface area contributed by atoms with Gasteiger partial charge in [-0.05, 0) is 12.8 Å². The van der Waals surface area contributed by atoms with Crippen molar-refractivity contribution in [1.82, 2.24) is 0 Å². The van der Waals surface area contributed by atoms with E-state index < -0.39 is 13.8 Å². The molecule has 1 N–H and O–H groups in total. The number of hydrogen-bond donors (Lipinski definition) is 1. The zero-order chi connectivity index (χ0) is 14.1. The first-order chi connectivity index (χ1) is 8.39. The molecule has 18 heavy (non-hydrogen) atoms. The molecule has 0 radical (unpaired) electrons. The lowest BCUT2D eigenvalue weighted by atomic mass is 10.3. The number of halogens is 1. The van der Waals surface area contributed by atoms with Crippen LogP contribution in [0.4, 0.5) is 0 Å². The third kappa shape index (κ3) is 8.43. The number of hydrogen-bond acceptors (Lipinski definition) is 5. The molecular formula is C10H22ClO6P. The topological polar surface area (TPSA) is 74.2 Å². The monoisotopic (exact) mass is 304 g/mol. The molecule has 0 aliphatic carbocycles. The zero-order valence-corrected chi connectivity index (χ0v) is 12.7. The van der Waals surface area contributed by atoms with Crippen LogP contribution in [0.1, 0.15) is 46.5 Å². The van der Waals surface area contributed by atoms with Crippen molar-refractivity contribution in [2.24, 2.45) is 0 Å². The van der Waals surface area contributed by atoms with Gasteiger partial charge in [-0.2, -0.15) is 4.08 Å². The van der Waals surface area contributed by atoms with E-state index in [9.17, 15) is 9.46 Å². The van der Waals surface area contributed by atoms with Crippen LogP contribution in [0.2, 0.25) is 0 Å². The number of phosphoric acid groups is 1. The van der Waals surface area contributed by atoms with Crippen molar-refractivity contribution in [2.45, 2.75) is 52.4 Å². The second-order valence-electron chi connectivity index (χ2n) is 3.90. The Morgan fingerprint density at radius 2 is 1.61 bits per heavy atom. The smallest absolute Gasteiger partial charge is 0.327 e. The Bertz CT molecular complexity index is 253. The zero-order valence-electron chi connectivity index (χ0n) is 11.1. The Hall–Kier alpha value is 0.320. The predicted octanol–water partition coefficient (Wildman–Crippen LogP) is 3.58. The van der Waals surface area contributed by atoms with E-state index in [-0.39, 0.29) is 0 Å². The molecule has 0 amide bonds. The maximum absolute atomic E-state index is 11.3. The summed E-state index contributed by atoms with van der Waals surface area (Å²) in [7, 11) is -4.38. The molecule has 0 spiro atoms. The van der Waals surface area contributed by atoms with Crippen molar-refractivity contribution < 1.29 is 27.5 Å². The molecule has 0 rings (SSSR count). The first-order valence-corrected chi connectivity index (χ1v) is 7.81. The summed E-state index contributed by atoms with van der Waals surface area (Å²) in [5.74, 6) is -1.64. The van der Waals surface area contributed by atoms with E-state index in [0.29, 0.717) is 13.2 Å². The lowest BCUT2D eigenvalue weighted by Gasteiger charge is -2.29. The van der Waals surface area contributed by atoms with Gasteiger partial charge in [-0.15, -0.1) is 0 Å². The molecule has 0 aliphatic rings. The minimum atomic E-state index is -4.38. The Morgan fingerprint density at radius 3 is 1.94 bits per heavy atom. The summed E-state index contributed by atoms with van der Waals surface area (Å²) in [6.45, 7) is 6.11. The molecule has 0 aliphatic heterocycles. The minimum absolute atomic E-state index is 0.349. The first-order valence-electron chi connectivity index (χ1n) is 6.01. The van der Waals surface area contributed by atoms with Crippen molar-refractivity contribution in [1.29, 1.82) is 0 Å². The second kappa shape index (κ2) is 9.26. The molecule has 1 atom stereocenters. The number of unbranched alkanes of at least 4 members (excludes halogenated alkanes) is 2. The van der Waals surface area contributed by atoms with Gasteiger partial charge < -0.3 is 14.4 Å². The molecule has 0 bridgehead atoms. The van der Waals surface area contributed by atoms with Gasteiger partial charge >= 0.3 is 7.82 Å². The van der Waals surface area contributed by atoms with Gasteiger partial charge in [0.25, 0.3) is 5.97 Å². The highest BCUT2D eigenvalue weighted by Gasteiger charge is 2.38. The molecule has 0 aromatic carbocycles. The van der Waals surface area contributed by atoms with E-state index in [1.54, 1.807) is 0 Å². The minimum Gasteiger partial charge on any atom is -0.327 e. The number of phosphoric ester groups is 1. The van der Waals surface area contributed by atoms with Crippen LogP contribution in [0, 0.1) is 0 Å². The SMILES string of the molecule is CCCCOC(C)(OCCCC)OP(=O)(O)OCl. The summed E-state index contributed by atoms with van der Waals surface area (Å²) >= 11 is 4.87. The Morgan fingerprint density at radius 1 is 1.17 bits per heavy atom. The molecule has 0 aromatic heterocycles. The highest BCUT2D eigenvalue weighted by molar-refractivity contribution is 7.48. The summed E-state index contributed by atoms with van der Waals surface area (Å²) in [6, 6.07) is 0. The fourth-order valence-corrected chi connectivity index (χ4v) is 1.76. The van der Waals surface area contributed by atoms with Gasteiger partial charge in [-0.3, -0.25) is 0 Å². The molecule has 110 valence electrons. The maximum Gasteiger partial charge on any atom is 0.493 e. The van der Waals surface area contributed by atoms with Crippen LogP contribution in [0.5, 0.6) is 0 Å². The van der Waals surface area contributed by atoms with Crippen molar-refractivity contribution >= 4 is 19.7 Å². The van der Waals surface area contributed by atoms with Crippen LogP contribution in [0.3, 0.4) is 0 Å². The van der Waals surface area contributed by atoms with E-state index in [1.807, 2.05) is 13.8 Å². The molecule has 0 saturated carbocycles. The van der Waals surface area contributed by atoms with Gasteiger partial charge in [0.05, 0.1) is 25.1 Å². The molecule has 0 heterocycles. The fraction of sp³-hybridized carbons (Fsp3) is 1.00. The van der Waals surface area contributed by atoms with Crippen LogP contribution in [-0.4, -0.2) is 24.1 Å². The second-order valence-corrected chi connectivity index (χ2v) is 5.57. The lowest BCUT2D eigenvalue weighted by molar-refractivity contribution is -0.337. The quantitative estimate of drug-likeness (QED) is 0.357. The number of rotatable bonds is 11. The van der Waals surface area contributed by atoms with Crippen molar-refractivity contribution in [2.75, 3.05) is 13.2 Å². The van der Waals surface area contributed by atoms with E-state index in [1.165, 1.54) is 6.92 Å². The standard InChI is InChI=1S/C10H22ClO6P/c1-4-6-8-14-10(3,15-9-7-5-2)16-18(12,13)17-11/h4-9H2,1-3H3,(H,12,13). The first kappa shape index (κ1) is 18.3. The predicted molar refractivity (Wildman–Crippen MR) is 68.0 cm³/mol. The molecule has 1 unspecified atom stereocenters. The van der Waals surface area contributed by atoms with Crippen molar-refractivity contribution in [3.63, 3.8) is 0 Å². The van der Waals surface area contributed by atoms with Gasteiger partial charge in [-0.1, -0.05) is 26.7 Å². The molecule has 0 aromatic rings. The molecule has 8 heteroatoms. The third-order valence-electron chi connectivity index (χ3n) is 2.09. The third-order valence-corrected chi connectivity index (χ3v) is 3.35. The highest BCUT2D eigenvalue weighted by Crippen LogP contribution is 2.49. The van der Waals surface area contributed by atoms with E-state index in [0.717, 1.165) is 25.7 Å². The van der Waals surface area contributed by atoms with Crippen molar-refractivity contribution in [3.8, 4) is 0 Å². The normalized spacial score (nSPS) is 15.6. The molecule has 0 saturated heterocycles. The Kier molecular flexibility index (Phi) is 9.42. The van der Waals surface area contributed by atoms with Gasteiger partial charge in [-0.25, -0.2) is 9.09 Å². The average molecular weight is 305 g/mol. The van der Waals surface area contributed by atoms with Crippen LogP contribution in [-0.2, 0) is 22.6 Å². The maximum atomic E-state index is 11.3. The summed E-state index contributed by atoms with van der Waals surface area (Å²) in [4.78, 5) is 9.19. The van der Waals surface area contributed by atoms with Gasteiger partial charge in [0.1, 0.15) is 0 Å². The molecule has 0 fully saturated rings.